The normalized spacial score (nSPS) is 18.3. The third-order valence-corrected chi connectivity index (χ3v) is 4.02. The molecule has 0 amide bonds. The Labute approximate surface area is 132 Å². The summed E-state index contributed by atoms with van der Waals surface area (Å²) >= 11 is 8.35. The molecular formula is C13H18ClIN2O2. The first-order valence-corrected chi connectivity index (χ1v) is 7.78. The maximum absolute atomic E-state index is 10.0. The zero-order valence-electron chi connectivity index (χ0n) is 10.6. The zero-order chi connectivity index (χ0) is 13.7. The molecule has 6 heteroatoms. The van der Waals surface area contributed by atoms with Crippen molar-refractivity contribution in [2.45, 2.75) is 6.10 Å². The molecule has 1 heterocycles. The number of β-amino-alcohol motifs (C(OH)–C–C–N with tert-alkyl or cyclic N) is 1. The minimum Gasteiger partial charge on any atom is -0.390 e. The van der Waals surface area contributed by atoms with E-state index >= 15 is 0 Å². The van der Waals surface area contributed by atoms with E-state index in [-0.39, 0.29) is 0 Å². The van der Waals surface area contributed by atoms with Gasteiger partial charge in [0.2, 0.25) is 0 Å². The number of hydrogen-bond acceptors (Lipinski definition) is 4. The number of halogens is 2. The molecule has 1 fully saturated rings. The van der Waals surface area contributed by atoms with Gasteiger partial charge in [0, 0.05) is 29.7 Å². The Morgan fingerprint density at radius 1 is 1.42 bits per heavy atom. The predicted molar refractivity (Wildman–Crippen MR) is 85.9 cm³/mol. The smallest absolute Gasteiger partial charge is 0.0839 e. The Morgan fingerprint density at radius 3 is 2.84 bits per heavy atom. The van der Waals surface area contributed by atoms with Crippen LogP contribution in [-0.2, 0) is 4.74 Å². The van der Waals surface area contributed by atoms with Crippen LogP contribution in [0.2, 0.25) is 5.02 Å². The van der Waals surface area contributed by atoms with Crippen LogP contribution >= 0.6 is 34.2 Å². The molecular weight excluding hydrogens is 379 g/mol. The minimum absolute atomic E-state index is 0.409. The zero-order valence-corrected chi connectivity index (χ0v) is 13.5. The Balaban J connectivity index is 1.77. The molecule has 106 valence electrons. The summed E-state index contributed by atoms with van der Waals surface area (Å²) in [6.07, 6.45) is -0.409. The molecule has 1 atom stereocenters. The second kappa shape index (κ2) is 7.64. The number of aliphatic hydroxyl groups is 1. The van der Waals surface area contributed by atoms with E-state index in [1.807, 2.05) is 18.2 Å². The number of hydrogen-bond donors (Lipinski definition) is 2. The van der Waals surface area contributed by atoms with E-state index in [0.717, 1.165) is 35.6 Å². The van der Waals surface area contributed by atoms with Crippen molar-refractivity contribution < 1.29 is 9.84 Å². The molecule has 19 heavy (non-hydrogen) atoms. The topological polar surface area (TPSA) is 44.7 Å². The van der Waals surface area contributed by atoms with Crippen LogP contribution in [0.1, 0.15) is 0 Å². The summed E-state index contributed by atoms with van der Waals surface area (Å²) in [6, 6.07) is 5.83. The molecule has 1 saturated heterocycles. The molecule has 1 aromatic rings. The number of nitrogens with zero attached hydrogens (tertiary/aromatic N) is 1. The summed E-state index contributed by atoms with van der Waals surface area (Å²) in [5, 5.41) is 13.9. The van der Waals surface area contributed by atoms with Gasteiger partial charge in [-0.2, -0.15) is 0 Å². The Morgan fingerprint density at radius 2 is 2.16 bits per heavy atom. The maximum atomic E-state index is 10.0. The Kier molecular flexibility index (Phi) is 6.15. The minimum atomic E-state index is -0.409. The highest BCUT2D eigenvalue weighted by atomic mass is 127. The van der Waals surface area contributed by atoms with Crippen LogP contribution in [0.25, 0.3) is 0 Å². The molecule has 1 aliphatic heterocycles. The van der Waals surface area contributed by atoms with Gasteiger partial charge >= 0.3 is 0 Å². The molecule has 0 aliphatic carbocycles. The van der Waals surface area contributed by atoms with E-state index in [1.165, 1.54) is 0 Å². The number of aliphatic hydroxyl groups excluding tert-OH is 1. The molecule has 0 saturated carbocycles. The van der Waals surface area contributed by atoms with Crippen LogP contribution in [0.15, 0.2) is 18.2 Å². The van der Waals surface area contributed by atoms with Crippen LogP contribution in [0.3, 0.4) is 0 Å². The van der Waals surface area contributed by atoms with Crippen molar-refractivity contribution in [2.75, 3.05) is 44.7 Å². The van der Waals surface area contributed by atoms with Crippen molar-refractivity contribution in [2.24, 2.45) is 0 Å². The number of benzene rings is 1. The third-order valence-electron chi connectivity index (χ3n) is 3.03. The van der Waals surface area contributed by atoms with Gasteiger partial charge in [0.05, 0.1) is 30.0 Å². The lowest BCUT2D eigenvalue weighted by Gasteiger charge is -2.28. The van der Waals surface area contributed by atoms with Crippen LogP contribution in [0.4, 0.5) is 5.69 Å². The molecule has 0 radical (unpaired) electrons. The van der Waals surface area contributed by atoms with Crippen LogP contribution in [0, 0.1) is 3.57 Å². The predicted octanol–water partition coefficient (Wildman–Crippen LogP) is 2.05. The van der Waals surface area contributed by atoms with Crippen molar-refractivity contribution in [3.8, 4) is 0 Å². The van der Waals surface area contributed by atoms with Crippen LogP contribution in [-0.4, -0.2) is 55.5 Å². The number of anilines is 1. The Bertz CT molecular complexity index is 414. The highest BCUT2D eigenvalue weighted by molar-refractivity contribution is 14.1. The quantitative estimate of drug-likeness (QED) is 0.748. The molecule has 2 rings (SSSR count). The molecule has 1 aromatic carbocycles. The van der Waals surface area contributed by atoms with Crippen molar-refractivity contribution in [1.29, 1.82) is 0 Å². The summed E-state index contributed by atoms with van der Waals surface area (Å²) in [5.41, 5.74) is 0.864. The van der Waals surface area contributed by atoms with Gasteiger partial charge in [-0.1, -0.05) is 11.6 Å². The highest BCUT2D eigenvalue weighted by Crippen LogP contribution is 2.23. The Hall–Kier alpha value is -0.0800. The van der Waals surface area contributed by atoms with Gasteiger partial charge in [0.25, 0.3) is 0 Å². The largest absolute Gasteiger partial charge is 0.390 e. The summed E-state index contributed by atoms with van der Waals surface area (Å²) in [4.78, 5) is 2.21. The van der Waals surface area contributed by atoms with Gasteiger partial charge in [-0.3, -0.25) is 4.90 Å². The lowest BCUT2D eigenvalue weighted by molar-refractivity contribution is 0.0171. The molecule has 0 aromatic heterocycles. The molecule has 4 nitrogen and oxygen atoms in total. The van der Waals surface area contributed by atoms with E-state index in [9.17, 15) is 5.11 Å². The highest BCUT2D eigenvalue weighted by Gasteiger charge is 2.14. The van der Waals surface area contributed by atoms with E-state index in [0.29, 0.717) is 18.1 Å². The molecule has 1 unspecified atom stereocenters. The number of rotatable bonds is 5. The lowest BCUT2D eigenvalue weighted by atomic mass is 10.2. The SMILES string of the molecule is OC(CNc1ccc(I)cc1Cl)CN1CCOCC1. The second-order valence-corrected chi connectivity index (χ2v) is 6.22. The van der Waals surface area contributed by atoms with Crippen LogP contribution in [0.5, 0.6) is 0 Å². The van der Waals surface area contributed by atoms with Gasteiger partial charge in [-0.05, 0) is 40.8 Å². The van der Waals surface area contributed by atoms with Gasteiger partial charge in [-0.25, -0.2) is 0 Å². The van der Waals surface area contributed by atoms with Crippen molar-refractivity contribution in [1.82, 2.24) is 4.90 Å². The standard InChI is InChI=1S/C13H18ClIN2O2/c14-12-7-10(15)1-2-13(12)16-8-11(18)9-17-3-5-19-6-4-17/h1-2,7,11,16,18H,3-6,8-9H2. The number of morpholine rings is 1. The van der Waals surface area contributed by atoms with Gasteiger partial charge < -0.3 is 15.2 Å². The van der Waals surface area contributed by atoms with E-state index in [2.05, 4.69) is 32.8 Å². The summed E-state index contributed by atoms with van der Waals surface area (Å²) in [6.45, 7) is 4.45. The third kappa shape index (κ3) is 5.07. The van der Waals surface area contributed by atoms with Crippen LogP contribution < -0.4 is 5.32 Å². The fourth-order valence-corrected chi connectivity index (χ4v) is 2.93. The van der Waals surface area contributed by atoms with Gasteiger partial charge in [0.15, 0.2) is 0 Å². The molecule has 1 aliphatic rings. The number of nitrogens with one attached hydrogen (secondary N) is 1. The fraction of sp³-hybridized carbons (Fsp3) is 0.538. The lowest BCUT2D eigenvalue weighted by Crippen LogP contribution is -2.42. The number of ether oxygens (including phenoxy) is 1. The molecule has 0 bridgehead atoms. The van der Waals surface area contributed by atoms with E-state index in [1.54, 1.807) is 0 Å². The second-order valence-electron chi connectivity index (χ2n) is 4.57. The summed E-state index contributed by atoms with van der Waals surface area (Å²) in [7, 11) is 0. The average Bonchev–Trinajstić information content (AvgIpc) is 2.39. The van der Waals surface area contributed by atoms with Gasteiger partial charge in [0.1, 0.15) is 0 Å². The maximum Gasteiger partial charge on any atom is 0.0839 e. The molecule has 2 N–H and O–H groups in total. The summed E-state index contributed by atoms with van der Waals surface area (Å²) < 4.78 is 6.38. The van der Waals surface area contributed by atoms with Crippen molar-refractivity contribution >= 4 is 39.9 Å². The van der Waals surface area contributed by atoms with Crippen molar-refractivity contribution in [3.63, 3.8) is 0 Å². The first-order valence-electron chi connectivity index (χ1n) is 6.32. The first-order chi connectivity index (χ1) is 9.15. The van der Waals surface area contributed by atoms with Crippen molar-refractivity contribution in [3.05, 3.63) is 26.8 Å². The monoisotopic (exact) mass is 396 g/mol. The van der Waals surface area contributed by atoms with E-state index < -0.39 is 6.10 Å². The summed E-state index contributed by atoms with van der Waals surface area (Å²) in [5.74, 6) is 0. The first kappa shape index (κ1) is 15.3. The fourth-order valence-electron chi connectivity index (χ4n) is 2.01. The average molecular weight is 397 g/mol. The van der Waals surface area contributed by atoms with E-state index in [4.69, 9.17) is 16.3 Å². The van der Waals surface area contributed by atoms with Gasteiger partial charge in [-0.15, -0.1) is 0 Å². The molecule has 0 spiro atoms.